The van der Waals surface area contributed by atoms with E-state index in [0.29, 0.717) is 19.3 Å². The van der Waals surface area contributed by atoms with Crippen LogP contribution in [0.15, 0.2) is 60.8 Å². The molecule has 6 heteroatoms. The predicted molar refractivity (Wildman–Crippen MR) is 316 cm³/mol. The quantitative estimate of drug-likeness (QED) is 0.0261. The molecule has 0 aromatic heterocycles. The fraction of sp³-hybridized carbons (Fsp3) is 0.806. The first-order chi connectivity index (χ1) is 36.0. The Morgan fingerprint density at radius 1 is 0.288 bits per heavy atom. The Morgan fingerprint density at radius 3 is 0.904 bits per heavy atom. The lowest BCUT2D eigenvalue weighted by atomic mass is 10.0. The fourth-order valence-corrected chi connectivity index (χ4v) is 9.26. The highest BCUT2D eigenvalue weighted by Crippen LogP contribution is 2.17. The number of ether oxygens (including phenoxy) is 3. The van der Waals surface area contributed by atoms with E-state index >= 15 is 0 Å². The van der Waals surface area contributed by atoms with Gasteiger partial charge in [-0.3, -0.25) is 14.4 Å². The van der Waals surface area contributed by atoms with Gasteiger partial charge in [0.15, 0.2) is 6.10 Å². The largest absolute Gasteiger partial charge is 0.462 e. The van der Waals surface area contributed by atoms with E-state index in [0.717, 1.165) is 96.3 Å². The van der Waals surface area contributed by atoms with Gasteiger partial charge in [-0.1, -0.05) is 293 Å². The van der Waals surface area contributed by atoms with Gasteiger partial charge in [0.25, 0.3) is 0 Å². The average Bonchev–Trinajstić information content (AvgIpc) is 3.39. The third-order valence-corrected chi connectivity index (χ3v) is 14.0. The van der Waals surface area contributed by atoms with Crippen LogP contribution in [0.3, 0.4) is 0 Å². The molecule has 0 N–H and O–H groups in total. The summed E-state index contributed by atoms with van der Waals surface area (Å²) in [6.45, 7) is 6.50. The summed E-state index contributed by atoms with van der Waals surface area (Å²) in [7, 11) is 0. The second kappa shape index (κ2) is 61.7. The lowest BCUT2D eigenvalue weighted by molar-refractivity contribution is -0.167. The molecule has 0 aliphatic rings. The SMILES string of the molecule is CC/C=C\C/C=C\C/C=C\C/C=C\CCCCCCCCCCCCCCCCCCCCC(=O)OCC(COC(=O)CCCCCCC/C=C\CCC)OC(=O)CCCCCCCCCCCCCCCC. The number of hydrogen-bond donors (Lipinski definition) is 0. The summed E-state index contributed by atoms with van der Waals surface area (Å²) in [4.78, 5) is 38.1. The third-order valence-electron chi connectivity index (χ3n) is 14.0. The molecule has 6 nitrogen and oxygen atoms in total. The van der Waals surface area contributed by atoms with Crippen molar-refractivity contribution in [2.45, 2.75) is 335 Å². The van der Waals surface area contributed by atoms with E-state index in [1.165, 1.54) is 193 Å². The summed E-state index contributed by atoms with van der Waals surface area (Å²) >= 11 is 0. The molecule has 0 amide bonds. The summed E-state index contributed by atoms with van der Waals surface area (Å²) < 4.78 is 16.9. The van der Waals surface area contributed by atoms with Crippen molar-refractivity contribution in [1.82, 2.24) is 0 Å². The van der Waals surface area contributed by atoms with Gasteiger partial charge >= 0.3 is 17.9 Å². The summed E-state index contributed by atoms with van der Waals surface area (Å²) in [5, 5.41) is 0. The molecule has 0 aromatic carbocycles. The molecule has 0 saturated heterocycles. The van der Waals surface area contributed by atoms with Crippen LogP contribution >= 0.6 is 0 Å². The van der Waals surface area contributed by atoms with Crippen LogP contribution in [-0.4, -0.2) is 37.2 Å². The molecule has 73 heavy (non-hydrogen) atoms. The summed E-state index contributed by atoms with van der Waals surface area (Å²) in [6.07, 6.45) is 78.2. The van der Waals surface area contributed by atoms with Crippen LogP contribution in [0, 0.1) is 0 Å². The van der Waals surface area contributed by atoms with Gasteiger partial charge in [-0.2, -0.15) is 0 Å². The zero-order valence-corrected chi connectivity index (χ0v) is 48.7. The highest BCUT2D eigenvalue weighted by Gasteiger charge is 2.19. The van der Waals surface area contributed by atoms with Crippen LogP contribution in [0.1, 0.15) is 329 Å². The molecule has 0 fully saturated rings. The van der Waals surface area contributed by atoms with Crippen LogP contribution in [0.5, 0.6) is 0 Å². The average molecular weight is 1020 g/mol. The van der Waals surface area contributed by atoms with Crippen molar-refractivity contribution in [2.24, 2.45) is 0 Å². The van der Waals surface area contributed by atoms with Crippen LogP contribution in [0.25, 0.3) is 0 Å². The van der Waals surface area contributed by atoms with Gasteiger partial charge < -0.3 is 14.2 Å². The Bertz CT molecular complexity index is 1310. The zero-order chi connectivity index (χ0) is 52.9. The Kier molecular flexibility index (Phi) is 59.2. The van der Waals surface area contributed by atoms with E-state index < -0.39 is 6.10 Å². The van der Waals surface area contributed by atoms with E-state index in [4.69, 9.17) is 14.2 Å². The van der Waals surface area contributed by atoms with Crippen molar-refractivity contribution < 1.29 is 28.6 Å². The maximum absolute atomic E-state index is 12.8. The zero-order valence-electron chi connectivity index (χ0n) is 48.7. The number of hydrogen-bond acceptors (Lipinski definition) is 6. The van der Waals surface area contributed by atoms with Crippen LogP contribution < -0.4 is 0 Å². The maximum Gasteiger partial charge on any atom is 0.306 e. The van der Waals surface area contributed by atoms with Crippen molar-refractivity contribution in [3.63, 3.8) is 0 Å². The number of carbonyl (C=O) groups is 3. The topological polar surface area (TPSA) is 78.9 Å². The van der Waals surface area contributed by atoms with Crippen LogP contribution in [-0.2, 0) is 28.6 Å². The predicted octanol–water partition coefficient (Wildman–Crippen LogP) is 21.6. The minimum Gasteiger partial charge on any atom is -0.462 e. The lowest BCUT2D eigenvalue weighted by Gasteiger charge is -2.18. The smallest absolute Gasteiger partial charge is 0.306 e. The first kappa shape index (κ1) is 70.1. The molecular weight excluding hydrogens is 901 g/mol. The highest BCUT2D eigenvalue weighted by atomic mass is 16.6. The second-order valence-corrected chi connectivity index (χ2v) is 21.3. The van der Waals surface area contributed by atoms with Gasteiger partial charge in [-0.25, -0.2) is 0 Å². The molecular formula is C67H120O6. The van der Waals surface area contributed by atoms with E-state index in [2.05, 4.69) is 81.5 Å². The van der Waals surface area contributed by atoms with E-state index in [-0.39, 0.29) is 31.1 Å². The van der Waals surface area contributed by atoms with E-state index in [1.54, 1.807) is 0 Å². The van der Waals surface area contributed by atoms with Crippen molar-refractivity contribution in [3.05, 3.63) is 60.8 Å². The monoisotopic (exact) mass is 1020 g/mol. The van der Waals surface area contributed by atoms with Crippen molar-refractivity contribution in [1.29, 1.82) is 0 Å². The Hall–Kier alpha value is -2.89. The second-order valence-electron chi connectivity index (χ2n) is 21.3. The number of allylic oxidation sites excluding steroid dienone is 10. The third kappa shape index (κ3) is 59.9. The lowest BCUT2D eigenvalue weighted by Crippen LogP contribution is -2.30. The summed E-state index contributed by atoms with van der Waals surface area (Å²) in [6, 6.07) is 0. The molecule has 0 radical (unpaired) electrons. The van der Waals surface area contributed by atoms with Gasteiger partial charge in [0.2, 0.25) is 0 Å². The molecule has 0 aliphatic heterocycles. The van der Waals surface area contributed by atoms with Crippen LogP contribution in [0.4, 0.5) is 0 Å². The first-order valence-electron chi connectivity index (χ1n) is 31.8. The molecule has 0 bridgehead atoms. The Balaban J connectivity index is 4.07. The van der Waals surface area contributed by atoms with Gasteiger partial charge in [-0.05, 0) is 77.0 Å². The molecule has 424 valence electrons. The molecule has 1 unspecified atom stereocenters. The molecule has 0 saturated carbocycles. The number of carbonyl (C=O) groups excluding carboxylic acids is 3. The number of esters is 3. The minimum absolute atomic E-state index is 0.0715. The van der Waals surface area contributed by atoms with Crippen molar-refractivity contribution >= 4 is 17.9 Å². The molecule has 0 aromatic rings. The normalized spacial score (nSPS) is 12.4. The van der Waals surface area contributed by atoms with Gasteiger partial charge in [-0.15, -0.1) is 0 Å². The van der Waals surface area contributed by atoms with Crippen molar-refractivity contribution in [2.75, 3.05) is 13.2 Å². The number of unbranched alkanes of at least 4 members (excludes halogenated alkanes) is 37. The summed E-state index contributed by atoms with van der Waals surface area (Å²) in [5.41, 5.74) is 0. The molecule has 0 rings (SSSR count). The number of rotatable bonds is 58. The van der Waals surface area contributed by atoms with E-state index in [9.17, 15) is 14.4 Å². The first-order valence-corrected chi connectivity index (χ1v) is 31.8. The Morgan fingerprint density at radius 2 is 0.562 bits per heavy atom. The molecule has 0 heterocycles. The van der Waals surface area contributed by atoms with Gasteiger partial charge in [0.05, 0.1) is 0 Å². The standard InChI is InChI=1S/C67H120O6/c1-4-7-10-13-16-19-22-24-26-27-28-29-30-31-32-33-34-35-36-37-38-39-40-41-42-44-45-48-51-54-57-60-66(69)72-63-64(62-71-65(68)59-56-53-50-47-21-18-15-12-9-6-3)73-67(70)61-58-55-52-49-46-43-25-23-20-17-14-11-8-5-2/h7,10,12,15-16,19,24,26,28-29,64H,4-6,8-9,11,13-14,17-18,20-23,25,27,30-63H2,1-3H3/b10-7-,15-12-,19-16-,26-24-,29-28-. The highest BCUT2D eigenvalue weighted by molar-refractivity contribution is 5.71. The molecule has 0 spiro atoms. The van der Waals surface area contributed by atoms with Crippen molar-refractivity contribution in [3.8, 4) is 0 Å². The Labute approximate surface area is 453 Å². The fourth-order valence-electron chi connectivity index (χ4n) is 9.26. The van der Waals surface area contributed by atoms with Crippen LogP contribution in [0.2, 0.25) is 0 Å². The van der Waals surface area contributed by atoms with Gasteiger partial charge in [0.1, 0.15) is 13.2 Å². The van der Waals surface area contributed by atoms with E-state index in [1.807, 2.05) is 0 Å². The molecule has 1 atom stereocenters. The maximum atomic E-state index is 12.8. The summed E-state index contributed by atoms with van der Waals surface area (Å²) in [5.74, 6) is -0.865. The minimum atomic E-state index is -0.772. The van der Waals surface area contributed by atoms with Gasteiger partial charge in [0, 0.05) is 19.3 Å². The molecule has 0 aliphatic carbocycles.